The summed E-state index contributed by atoms with van der Waals surface area (Å²) < 4.78 is 1.15. The fourth-order valence-electron chi connectivity index (χ4n) is 2.14. The lowest BCUT2D eigenvalue weighted by Gasteiger charge is -2.15. The maximum atomic E-state index is 3.54. The highest BCUT2D eigenvalue weighted by Crippen LogP contribution is 2.20. The van der Waals surface area contributed by atoms with Crippen molar-refractivity contribution in [2.24, 2.45) is 0 Å². The predicted molar refractivity (Wildman–Crippen MR) is 72.9 cm³/mol. The van der Waals surface area contributed by atoms with Gasteiger partial charge < -0.3 is 10.2 Å². The quantitative estimate of drug-likeness (QED) is 0.834. The van der Waals surface area contributed by atoms with Crippen molar-refractivity contribution in [1.29, 1.82) is 0 Å². The SMILES string of the molecule is Brc1ccccc1NCCCN1CCCC1. The van der Waals surface area contributed by atoms with Crippen molar-refractivity contribution in [3.05, 3.63) is 28.7 Å². The molecule has 1 N–H and O–H groups in total. The standard InChI is InChI=1S/C13H19BrN2/c14-12-6-1-2-7-13(12)15-8-5-11-16-9-3-4-10-16/h1-2,6-7,15H,3-5,8-11H2. The molecule has 0 spiro atoms. The van der Waals surface area contributed by atoms with Gasteiger partial charge in [0.2, 0.25) is 0 Å². The normalized spacial score (nSPS) is 16.6. The Bertz CT molecular complexity index is 321. The Morgan fingerprint density at radius 1 is 1.19 bits per heavy atom. The Morgan fingerprint density at radius 2 is 1.94 bits per heavy atom. The third-order valence-electron chi connectivity index (χ3n) is 3.04. The van der Waals surface area contributed by atoms with Crippen molar-refractivity contribution in [1.82, 2.24) is 4.90 Å². The summed E-state index contributed by atoms with van der Waals surface area (Å²) in [5, 5.41) is 3.46. The third kappa shape index (κ3) is 3.49. The predicted octanol–water partition coefficient (Wildman–Crippen LogP) is 3.35. The van der Waals surface area contributed by atoms with Crippen LogP contribution in [0.25, 0.3) is 0 Å². The highest BCUT2D eigenvalue weighted by atomic mass is 79.9. The Morgan fingerprint density at radius 3 is 2.69 bits per heavy atom. The second-order valence-corrected chi connectivity index (χ2v) is 5.16. The molecule has 0 bridgehead atoms. The molecule has 1 aromatic carbocycles. The summed E-state index contributed by atoms with van der Waals surface area (Å²) >= 11 is 3.54. The van der Waals surface area contributed by atoms with E-state index < -0.39 is 0 Å². The number of hydrogen-bond acceptors (Lipinski definition) is 2. The molecule has 3 heteroatoms. The van der Waals surface area contributed by atoms with Gasteiger partial charge in [-0.3, -0.25) is 0 Å². The number of anilines is 1. The maximum Gasteiger partial charge on any atom is 0.0484 e. The molecule has 16 heavy (non-hydrogen) atoms. The van der Waals surface area contributed by atoms with E-state index in [4.69, 9.17) is 0 Å². The zero-order chi connectivity index (χ0) is 11.2. The van der Waals surface area contributed by atoms with Crippen LogP contribution in [0.1, 0.15) is 19.3 Å². The van der Waals surface area contributed by atoms with Crippen LogP contribution in [0.5, 0.6) is 0 Å². The van der Waals surface area contributed by atoms with E-state index in [1.807, 2.05) is 6.07 Å². The van der Waals surface area contributed by atoms with Gasteiger partial charge in [-0.05, 0) is 67.0 Å². The number of para-hydroxylation sites is 1. The lowest BCUT2D eigenvalue weighted by atomic mass is 10.3. The number of hydrogen-bond donors (Lipinski definition) is 1. The number of nitrogens with one attached hydrogen (secondary N) is 1. The van der Waals surface area contributed by atoms with Gasteiger partial charge >= 0.3 is 0 Å². The minimum atomic E-state index is 1.05. The highest BCUT2D eigenvalue weighted by Gasteiger charge is 2.09. The van der Waals surface area contributed by atoms with Crippen LogP contribution in [0.3, 0.4) is 0 Å². The third-order valence-corrected chi connectivity index (χ3v) is 3.73. The number of nitrogens with zero attached hydrogens (tertiary/aromatic N) is 1. The Kier molecular flexibility index (Phi) is 4.67. The molecule has 0 atom stereocenters. The molecule has 88 valence electrons. The van der Waals surface area contributed by atoms with Crippen LogP contribution in [0.4, 0.5) is 5.69 Å². The van der Waals surface area contributed by atoms with Crippen molar-refractivity contribution in [2.45, 2.75) is 19.3 Å². The smallest absolute Gasteiger partial charge is 0.0484 e. The van der Waals surface area contributed by atoms with Gasteiger partial charge in [-0.1, -0.05) is 12.1 Å². The van der Waals surface area contributed by atoms with Gasteiger partial charge in [0.25, 0.3) is 0 Å². The minimum Gasteiger partial charge on any atom is -0.384 e. The molecule has 0 radical (unpaired) electrons. The molecule has 0 amide bonds. The van der Waals surface area contributed by atoms with Crippen LogP contribution >= 0.6 is 15.9 Å². The molecule has 2 nitrogen and oxygen atoms in total. The molecule has 1 aliphatic rings. The van der Waals surface area contributed by atoms with E-state index in [0.29, 0.717) is 0 Å². The molecule has 0 unspecified atom stereocenters. The molecule has 0 saturated carbocycles. The number of halogens is 1. The van der Waals surface area contributed by atoms with Crippen LogP contribution in [-0.2, 0) is 0 Å². The summed E-state index contributed by atoms with van der Waals surface area (Å²) in [5.41, 5.74) is 1.20. The van der Waals surface area contributed by atoms with Crippen molar-refractivity contribution < 1.29 is 0 Å². The molecule has 1 heterocycles. The second-order valence-electron chi connectivity index (χ2n) is 4.31. The van der Waals surface area contributed by atoms with Crippen molar-refractivity contribution >= 4 is 21.6 Å². The Hall–Kier alpha value is -0.540. The van der Waals surface area contributed by atoms with E-state index in [-0.39, 0.29) is 0 Å². The van der Waals surface area contributed by atoms with Gasteiger partial charge in [0, 0.05) is 16.7 Å². The van der Waals surface area contributed by atoms with Crippen LogP contribution in [0.2, 0.25) is 0 Å². The molecule has 0 aromatic heterocycles. The largest absolute Gasteiger partial charge is 0.384 e. The molecule has 1 aromatic rings. The molecule has 1 fully saturated rings. The van der Waals surface area contributed by atoms with Crippen molar-refractivity contribution in [2.75, 3.05) is 31.5 Å². The monoisotopic (exact) mass is 282 g/mol. The number of benzene rings is 1. The summed E-state index contributed by atoms with van der Waals surface area (Å²) in [6.45, 7) is 4.89. The van der Waals surface area contributed by atoms with Gasteiger partial charge in [-0.15, -0.1) is 0 Å². The minimum absolute atomic E-state index is 1.05. The lowest BCUT2D eigenvalue weighted by Crippen LogP contribution is -2.22. The summed E-state index contributed by atoms with van der Waals surface area (Å²) in [6, 6.07) is 8.29. The average molecular weight is 283 g/mol. The molecule has 1 saturated heterocycles. The fraction of sp³-hybridized carbons (Fsp3) is 0.538. The molecular formula is C13H19BrN2. The van der Waals surface area contributed by atoms with Gasteiger partial charge in [0.1, 0.15) is 0 Å². The van der Waals surface area contributed by atoms with Crippen molar-refractivity contribution in [3.63, 3.8) is 0 Å². The zero-order valence-corrected chi connectivity index (χ0v) is 11.2. The summed E-state index contributed by atoms with van der Waals surface area (Å²) in [6.07, 6.45) is 4.00. The first-order valence-electron chi connectivity index (χ1n) is 6.07. The summed E-state index contributed by atoms with van der Waals surface area (Å²) in [7, 11) is 0. The molecule has 1 aliphatic heterocycles. The first kappa shape index (κ1) is 11.9. The van der Waals surface area contributed by atoms with Crippen molar-refractivity contribution in [3.8, 4) is 0 Å². The van der Waals surface area contributed by atoms with Crippen LogP contribution in [-0.4, -0.2) is 31.1 Å². The number of rotatable bonds is 5. The summed E-state index contributed by atoms with van der Waals surface area (Å²) in [5.74, 6) is 0. The molecular weight excluding hydrogens is 264 g/mol. The number of likely N-dealkylation sites (tertiary alicyclic amines) is 1. The summed E-state index contributed by atoms with van der Waals surface area (Å²) in [4.78, 5) is 2.56. The molecule has 2 rings (SSSR count). The van der Waals surface area contributed by atoms with Gasteiger partial charge in [0.15, 0.2) is 0 Å². The van der Waals surface area contributed by atoms with E-state index >= 15 is 0 Å². The van der Waals surface area contributed by atoms with E-state index in [1.165, 1.54) is 44.6 Å². The topological polar surface area (TPSA) is 15.3 Å². The van der Waals surface area contributed by atoms with E-state index in [2.05, 4.69) is 44.3 Å². The van der Waals surface area contributed by atoms with Gasteiger partial charge in [-0.25, -0.2) is 0 Å². The second kappa shape index (κ2) is 6.26. The first-order chi connectivity index (χ1) is 7.86. The zero-order valence-electron chi connectivity index (χ0n) is 9.58. The van der Waals surface area contributed by atoms with Crippen LogP contribution in [0.15, 0.2) is 28.7 Å². The van der Waals surface area contributed by atoms with Gasteiger partial charge in [0.05, 0.1) is 0 Å². The van der Waals surface area contributed by atoms with E-state index in [0.717, 1.165) is 11.0 Å². The maximum absolute atomic E-state index is 3.54. The van der Waals surface area contributed by atoms with Crippen LogP contribution in [0, 0.1) is 0 Å². The Labute approximate surface area is 106 Å². The Balaban J connectivity index is 1.66. The van der Waals surface area contributed by atoms with E-state index in [9.17, 15) is 0 Å². The first-order valence-corrected chi connectivity index (χ1v) is 6.86. The lowest BCUT2D eigenvalue weighted by molar-refractivity contribution is 0.337. The average Bonchev–Trinajstić information content (AvgIpc) is 2.79. The fourth-order valence-corrected chi connectivity index (χ4v) is 2.56. The van der Waals surface area contributed by atoms with Crippen LogP contribution < -0.4 is 5.32 Å². The van der Waals surface area contributed by atoms with Gasteiger partial charge in [-0.2, -0.15) is 0 Å². The van der Waals surface area contributed by atoms with E-state index in [1.54, 1.807) is 0 Å². The highest BCUT2D eigenvalue weighted by molar-refractivity contribution is 9.10. The molecule has 0 aliphatic carbocycles.